The topological polar surface area (TPSA) is 49.4 Å². The Morgan fingerprint density at radius 2 is 1.92 bits per heavy atom. The van der Waals surface area contributed by atoms with Crippen molar-refractivity contribution in [2.24, 2.45) is 5.92 Å². The van der Waals surface area contributed by atoms with Gasteiger partial charge in [0.15, 0.2) is 0 Å². The number of hydrogen-bond acceptors (Lipinski definition) is 2. The summed E-state index contributed by atoms with van der Waals surface area (Å²) >= 11 is 11.9. The monoisotopic (exact) mass is 362 g/mol. The van der Waals surface area contributed by atoms with Gasteiger partial charge in [0, 0.05) is 34.4 Å². The molecule has 0 radical (unpaired) electrons. The van der Waals surface area contributed by atoms with Crippen LogP contribution in [0.15, 0.2) is 42.5 Å². The molecule has 124 valence electrons. The van der Waals surface area contributed by atoms with Gasteiger partial charge in [-0.25, -0.2) is 0 Å². The summed E-state index contributed by atoms with van der Waals surface area (Å²) in [6.45, 7) is 2.22. The van der Waals surface area contributed by atoms with E-state index in [1.165, 1.54) is 0 Å². The maximum Gasteiger partial charge on any atom is 0.229 e. The molecule has 0 aliphatic carbocycles. The number of benzene rings is 2. The van der Waals surface area contributed by atoms with Gasteiger partial charge in [0.05, 0.1) is 5.92 Å². The number of carbonyl (C=O) groups excluding carboxylic acids is 2. The third-order valence-electron chi connectivity index (χ3n) is 4.06. The number of rotatable bonds is 3. The van der Waals surface area contributed by atoms with Crippen LogP contribution in [0.2, 0.25) is 10.0 Å². The fourth-order valence-electron chi connectivity index (χ4n) is 2.78. The molecule has 2 aromatic rings. The molecular formula is C18H16Cl2N2O2. The van der Waals surface area contributed by atoms with Crippen molar-refractivity contribution in [3.05, 3.63) is 58.1 Å². The second-order valence-electron chi connectivity index (χ2n) is 5.83. The van der Waals surface area contributed by atoms with Crippen LogP contribution in [-0.2, 0) is 9.59 Å². The molecule has 2 aromatic carbocycles. The fourth-order valence-corrected chi connectivity index (χ4v) is 3.19. The van der Waals surface area contributed by atoms with Crippen LogP contribution in [0.4, 0.5) is 11.4 Å². The molecule has 2 amide bonds. The van der Waals surface area contributed by atoms with Gasteiger partial charge in [0.2, 0.25) is 11.8 Å². The van der Waals surface area contributed by atoms with Crippen LogP contribution in [-0.4, -0.2) is 18.4 Å². The fraction of sp³-hybridized carbons (Fsp3) is 0.222. The van der Waals surface area contributed by atoms with Crippen LogP contribution in [0.25, 0.3) is 0 Å². The van der Waals surface area contributed by atoms with Gasteiger partial charge >= 0.3 is 0 Å². The lowest BCUT2D eigenvalue weighted by Crippen LogP contribution is -2.28. The van der Waals surface area contributed by atoms with Crippen molar-refractivity contribution in [2.45, 2.75) is 13.3 Å². The number of anilines is 2. The number of carbonyl (C=O) groups is 2. The van der Waals surface area contributed by atoms with Crippen molar-refractivity contribution >= 4 is 46.4 Å². The lowest BCUT2D eigenvalue weighted by molar-refractivity contribution is -0.122. The first-order chi connectivity index (χ1) is 11.4. The molecule has 6 heteroatoms. The number of amides is 2. The third-order valence-corrected chi connectivity index (χ3v) is 4.53. The second-order valence-corrected chi connectivity index (χ2v) is 6.71. The number of halogens is 2. The molecule has 1 fully saturated rings. The largest absolute Gasteiger partial charge is 0.326 e. The molecule has 0 bridgehead atoms. The van der Waals surface area contributed by atoms with E-state index in [0.717, 1.165) is 5.56 Å². The smallest absolute Gasteiger partial charge is 0.229 e. The van der Waals surface area contributed by atoms with Crippen LogP contribution in [0, 0.1) is 12.8 Å². The van der Waals surface area contributed by atoms with Gasteiger partial charge in [-0.3, -0.25) is 9.59 Å². The highest BCUT2D eigenvalue weighted by molar-refractivity contribution is 6.31. The van der Waals surface area contributed by atoms with Crippen molar-refractivity contribution in [2.75, 3.05) is 16.8 Å². The van der Waals surface area contributed by atoms with Crippen LogP contribution in [0.5, 0.6) is 0 Å². The number of nitrogens with zero attached hydrogens (tertiary/aromatic N) is 1. The van der Waals surface area contributed by atoms with E-state index < -0.39 is 5.92 Å². The quantitative estimate of drug-likeness (QED) is 0.884. The Labute approximate surface area is 150 Å². The van der Waals surface area contributed by atoms with Gasteiger partial charge in [0.25, 0.3) is 0 Å². The molecule has 1 atom stereocenters. The van der Waals surface area contributed by atoms with Gasteiger partial charge in [-0.1, -0.05) is 29.3 Å². The van der Waals surface area contributed by atoms with E-state index in [4.69, 9.17) is 23.2 Å². The molecular weight excluding hydrogens is 347 g/mol. The Kier molecular flexibility index (Phi) is 4.78. The summed E-state index contributed by atoms with van der Waals surface area (Å²) in [6.07, 6.45) is 0.186. The molecule has 1 unspecified atom stereocenters. The highest BCUT2D eigenvalue weighted by atomic mass is 35.5. The average molecular weight is 363 g/mol. The number of hydrogen-bond donors (Lipinski definition) is 1. The highest BCUT2D eigenvalue weighted by Crippen LogP contribution is 2.28. The summed E-state index contributed by atoms with van der Waals surface area (Å²) in [5.41, 5.74) is 2.30. The molecule has 1 aliphatic heterocycles. The van der Waals surface area contributed by atoms with E-state index in [-0.39, 0.29) is 18.2 Å². The molecule has 0 saturated carbocycles. The van der Waals surface area contributed by atoms with Crippen LogP contribution < -0.4 is 10.2 Å². The minimum absolute atomic E-state index is 0.0785. The molecule has 3 rings (SSSR count). The first-order valence-electron chi connectivity index (χ1n) is 7.57. The van der Waals surface area contributed by atoms with Gasteiger partial charge in [-0.05, 0) is 48.9 Å². The molecule has 1 aliphatic rings. The minimum atomic E-state index is -0.397. The highest BCUT2D eigenvalue weighted by Gasteiger charge is 2.35. The van der Waals surface area contributed by atoms with E-state index in [1.807, 2.05) is 13.0 Å². The minimum Gasteiger partial charge on any atom is -0.326 e. The zero-order chi connectivity index (χ0) is 17.3. The van der Waals surface area contributed by atoms with Crippen molar-refractivity contribution in [3.63, 3.8) is 0 Å². The lowest BCUT2D eigenvalue weighted by Gasteiger charge is -2.17. The molecule has 0 aromatic heterocycles. The Bertz CT molecular complexity index is 807. The maximum atomic E-state index is 12.5. The number of aryl methyl sites for hydroxylation is 1. The van der Waals surface area contributed by atoms with E-state index in [0.29, 0.717) is 28.0 Å². The molecule has 1 N–H and O–H groups in total. The summed E-state index contributed by atoms with van der Waals surface area (Å²) in [6, 6.07) is 12.4. The molecule has 1 heterocycles. The zero-order valence-electron chi connectivity index (χ0n) is 13.1. The van der Waals surface area contributed by atoms with Crippen molar-refractivity contribution < 1.29 is 9.59 Å². The summed E-state index contributed by atoms with van der Waals surface area (Å²) in [5.74, 6) is -0.643. The third kappa shape index (κ3) is 3.55. The van der Waals surface area contributed by atoms with E-state index in [9.17, 15) is 9.59 Å². The Hall–Kier alpha value is -2.04. The normalized spacial score (nSPS) is 17.2. The Balaban J connectivity index is 1.72. The summed E-state index contributed by atoms with van der Waals surface area (Å²) in [5, 5.41) is 4.06. The first-order valence-corrected chi connectivity index (χ1v) is 8.32. The number of nitrogens with one attached hydrogen (secondary N) is 1. The molecule has 4 nitrogen and oxygen atoms in total. The van der Waals surface area contributed by atoms with Crippen LogP contribution in [0.3, 0.4) is 0 Å². The average Bonchev–Trinajstić information content (AvgIpc) is 2.92. The lowest BCUT2D eigenvalue weighted by atomic mass is 10.1. The Morgan fingerprint density at radius 3 is 2.62 bits per heavy atom. The predicted octanol–water partition coefficient (Wildman–Crippen LogP) is 4.29. The summed E-state index contributed by atoms with van der Waals surface area (Å²) < 4.78 is 0. The van der Waals surface area contributed by atoms with Crippen molar-refractivity contribution in [1.29, 1.82) is 0 Å². The van der Waals surface area contributed by atoms with Gasteiger partial charge in [0.1, 0.15) is 0 Å². The molecule has 1 saturated heterocycles. The molecule has 24 heavy (non-hydrogen) atoms. The van der Waals surface area contributed by atoms with Crippen LogP contribution >= 0.6 is 23.2 Å². The standard InChI is InChI=1S/C18H16Cl2N2O2/c1-11-7-14(20)5-6-16(11)21-18(24)12-8-17(23)22(10-12)15-4-2-3-13(19)9-15/h2-7,9,12H,8,10H2,1H3,(H,21,24). The zero-order valence-corrected chi connectivity index (χ0v) is 14.6. The Morgan fingerprint density at radius 1 is 1.17 bits per heavy atom. The second kappa shape index (κ2) is 6.83. The SMILES string of the molecule is Cc1cc(Cl)ccc1NC(=O)C1CC(=O)N(c2cccc(Cl)c2)C1. The van der Waals surface area contributed by atoms with Gasteiger partial charge in [-0.15, -0.1) is 0 Å². The van der Waals surface area contributed by atoms with Crippen molar-refractivity contribution in [3.8, 4) is 0 Å². The van der Waals surface area contributed by atoms with Gasteiger partial charge < -0.3 is 10.2 Å². The van der Waals surface area contributed by atoms with Crippen LogP contribution in [0.1, 0.15) is 12.0 Å². The van der Waals surface area contributed by atoms with E-state index in [1.54, 1.807) is 41.3 Å². The summed E-state index contributed by atoms with van der Waals surface area (Å²) in [7, 11) is 0. The molecule has 0 spiro atoms. The van der Waals surface area contributed by atoms with E-state index >= 15 is 0 Å². The predicted molar refractivity (Wildman–Crippen MR) is 96.7 cm³/mol. The first kappa shape index (κ1) is 16.8. The van der Waals surface area contributed by atoms with E-state index in [2.05, 4.69) is 5.32 Å². The van der Waals surface area contributed by atoms with Gasteiger partial charge in [-0.2, -0.15) is 0 Å². The summed E-state index contributed by atoms with van der Waals surface area (Å²) in [4.78, 5) is 26.3. The van der Waals surface area contributed by atoms with Crippen molar-refractivity contribution in [1.82, 2.24) is 0 Å². The maximum absolute atomic E-state index is 12.5.